The molecule has 86 valence electrons. The molecule has 1 aromatic carbocycles. The van der Waals surface area contributed by atoms with E-state index in [4.69, 9.17) is 23.2 Å². The van der Waals surface area contributed by atoms with E-state index in [-0.39, 0.29) is 10.6 Å². The zero-order valence-electron chi connectivity index (χ0n) is 8.69. The van der Waals surface area contributed by atoms with E-state index in [1.54, 1.807) is 6.08 Å². The van der Waals surface area contributed by atoms with Gasteiger partial charge in [0.1, 0.15) is 0 Å². The molecule has 0 radical (unpaired) electrons. The molecule has 0 bridgehead atoms. The van der Waals surface area contributed by atoms with Gasteiger partial charge in [-0.05, 0) is 40.9 Å². The molecule has 0 saturated heterocycles. The van der Waals surface area contributed by atoms with Crippen LogP contribution in [0.4, 0.5) is 11.6 Å². The molecule has 1 aromatic heterocycles. The van der Waals surface area contributed by atoms with Crippen LogP contribution in [0.3, 0.4) is 0 Å². The van der Waals surface area contributed by atoms with Crippen LogP contribution >= 0.6 is 23.2 Å². The van der Waals surface area contributed by atoms with E-state index in [0.717, 1.165) is 11.3 Å². The van der Waals surface area contributed by atoms with E-state index in [0.29, 0.717) is 5.95 Å². The Hall–Kier alpha value is -1.65. The monoisotopic (exact) mass is 266 g/mol. The van der Waals surface area contributed by atoms with Crippen molar-refractivity contribution in [1.82, 2.24) is 15.0 Å². The molecule has 2 rings (SSSR count). The Morgan fingerprint density at radius 1 is 1.12 bits per heavy atom. The Bertz CT molecular complexity index is 537. The summed E-state index contributed by atoms with van der Waals surface area (Å²) in [5.41, 5.74) is 1.81. The minimum atomic E-state index is 0.0485. The molecule has 2 aromatic rings. The Morgan fingerprint density at radius 3 is 2.47 bits per heavy atom. The highest BCUT2D eigenvalue weighted by Crippen LogP contribution is 2.17. The highest BCUT2D eigenvalue weighted by molar-refractivity contribution is 6.31. The van der Waals surface area contributed by atoms with Crippen LogP contribution < -0.4 is 5.32 Å². The van der Waals surface area contributed by atoms with Crippen molar-refractivity contribution < 1.29 is 0 Å². The Morgan fingerprint density at radius 2 is 1.82 bits per heavy atom. The van der Waals surface area contributed by atoms with Crippen molar-refractivity contribution in [2.75, 3.05) is 5.32 Å². The third-order valence-corrected chi connectivity index (χ3v) is 2.30. The lowest BCUT2D eigenvalue weighted by Crippen LogP contribution is -1.99. The van der Waals surface area contributed by atoms with Crippen LogP contribution in [0, 0.1) is 0 Å². The highest BCUT2D eigenvalue weighted by Gasteiger charge is 2.03. The maximum atomic E-state index is 5.67. The zero-order chi connectivity index (χ0) is 12.3. The molecule has 0 spiro atoms. The SMILES string of the molecule is C=Cc1cccc(Nc2nc(Cl)nc(Cl)n2)c1. The molecule has 0 atom stereocenters. The largest absolute Gasteiger partial charge is 0.324 e. The first-order valence-corrected chi connectivity index (χ1v) is 5.49. The topological polar surface area (TPSA) is 50.7 Å². The van der Waals surface area contributed by atoms with E-state index in [9.17, 15) is 0 Å². The summed E-state index contributed by atoms with van der Waals surface area (Å²) in [4.78, 5) is 11.5. The summed E-state index contributed by atoms with van der Waals surface area (Å²) < 4.78 is 0. The van der Waals surface area contributed by atoms with Gasteiger partial charge in [0, 0.05) is 5.69 Å². The number of hydrogen-bond acceptors (Lipinski definition) is 4. The van der Waals surface area contributed by atoms with Gasteiger partial charge in [-0.1, -0.05) is 24.8 Å². The fraction of sp³-hybridized carbons (Fsp3) is 0. The Labute approximate surface area is 108 Å². The van der Waals surface area contributed by atoms with Crippen LogP contribution in [-0.2, 0) is 0 Å². The van der Waals surface area contributed by atoms with Crippen LogP contribution in [0.25, 0.3) is 6.08 Å². The molecule has 0 fully saturated rings. The maximum Gasteiger partial charge on any atom is 0.232 e. The first kappa shape index (κ1) is 11.8. The molecule has 1 N–H and O–H groups in total. The minimum Gasteiger partial charge on any atom is -0.324 e. The molecule has 0 aliphatic carbocycles. The third kappa shape index (κ3) is 3.15. The standard InChI is InChI=1S/C11H8Cl2N4/c1-2-7-4-3-5-8(6-7)14-11-16-9(12)15-10(13)17-11/h2-6H,1H2,(H,14,15,16,17). The lowest BCUT2D eigenvalue weighted by Gasteiger charge is -2.05. The van der Waals surface area contributed by atoms with Crippen molar-refractivity contribution in [2.45, 2.75) is 0 Å². The van der Waals surface area contributed by atoms with Gasteiger partial charge in [0.05, 0.1) is 0 Å². The lowest BCUT2D eigenvalue weighted by atomic mass is 10.2. The molecule has 0 aliphatic heterocycles. The second kappa shape index (κ2) is 5.12. The van der Waals surface area contributed by atoms with E-state index >= 15 is 0 Å². The van der Waals surface area contributed by atoms with Crippen molar-refractivity contribution in [2.24, 2.45) is 0 Å². The molecule has 17 heavy (non-hydrogen) atoms. The summed E-state index contributed by atoms with van der Waals surface area (Å²) in [6.45, 7) is 3.70. The molecule has 1 heterocycles. The number of rotatable bonds is 3. The van der Waals surface area contributed by atoms with Gasteiger partial charge < -0.3 is 5.32 Å². The number of halogens is 2. The average molecular weight is 267 g/mol. The predicted molar refractivity (Wildman–Crippen MR) is 69.7 cm³/mol. The number of aromatic nitrogens is 3. The van der Waals surface area contributed by atoms with Gasteiger partial charge in [-0.2, -0.15) is 15.0 Å². The summed E-state index contributed by atoms with van der Waals surface area (Å²) in [6.07, 6.45) is 1.75. The molecular weight excluding hydrogens is 259 g/mol. The molecular formula is C11H8Cl2N4. The van der Waals surface area contributed by atoms with Crippen molar-refractivity contribution in [1.29, 1.82) is 0 Å². The number of nitrogens with zero attached hydrogens (tertiary/aromatic N) is 3. The first-order valence-electron chi connectivity index (χ1n) is 4.74. The summed E-state index contributed by atoms with van der Waals surface area (Å²) in [5, 5.41) is 3.08. The number of hydrogen-bond donors (Lipinski definition) is 1. The van der Waals surface area contributed by atoms with Crippen molar-refractivity contribution in [3.8, 4) is 0 Å². The van der Waals surface area contributed by atoms with Gasteiger partial charge in [0.2, 0.25) is 16.5 Å². The van der Waals surface area contributed by atoms with E-state index in [2.05, 4.69) is 26.8 Å². The molecule has 0 unspecified atom stereocenters. The van der Waals surface area contributed by atoms with Gasteiger partial charge >= 0.3 is 0 Å². The summed E-state index contributed by atoms with van der Waals surface area (Å²) in [7, 11) is 0. The summed E-state index contributed by atoms with van der Waals surface area (Å²) in [6, 6.07) is 7.60. The van der Waals surface area contributed by atoms with Crippen LogP contribution in [0.5, 0.6) is 0 Å². The second-order valence-electron chi connectivity index (χ2n) is 3.15. The average Bonchev–Trinajstić information content (AvgIpc) is 2.28. The second-order valence-corrected chi connectivity index (χ2v) is 3.83. The van der Waals surface area contributed by atoms with E-state index < -0.39 is 0 Å². The smallest absolute Gasteiger partial charge is 0.232 e. The number of nitrogens with one attached hydrogen (secondary N) is 1. The third-order valence-electron chi connectivity index (χ3n) is 1.96. The van der Waals surface area contributed by atoms with E-state index in [1.165, 1.54) is 0 Å². The Kier molecular flexibility index (Phi) is 3.56. The Balaban J connectivity index is 2.27. The number of anilines is 2. The van der Waals surface area contributed by atoms with Crippen LogP contribution in [0.1, 0.15) is 5.56 Å². The van der Waals surface area contributed by atoms with Crippen molar-refractivity contribution in [3.05, 3.63) is 47.0 Å². The first-order chi connectivity index (χ1) is 8.17. The predicted octanol–water partition coefficient (Wildman–Crippen LogP) is 3.57. The normalized spacial score (nSPS) is 10.0. The fourth-order valence-corrected chi connectivity index (χ4v) is 1.62. The van der Waals surface area contributed by atoms with Crippen LogP contribution in [-0.4, -0.2) is 15.0 Å². The maximum absolute atomic E-state index is 5.67. The van der Waals surface area contributed by atoms with Crippen LogP contribution in [0.15, 0.2) is 30.8 Å². The van der Waals surface area contributed by atoms with Crippen molar-refractivity contribution >= 4 is 40.9 Å². The van der Waals surface area contributed by atoms with Gasteiger partial charge in [-0.15, -0.1) is 0 Å². The molecule has 0 aliphatic rings. The van der Waals surface area contributed by atoms with Gasteiger partial charge in [-0.3, -0.25) is 0 Å². The van der Waals surface area contributed by atoms with Gasteiger partial charge in [0.15, 0.2) is 0 Å². The quantitative estimate of drug-likeness (QED) is 0.923. The van der Waals surface area contributed by atoms with Crippen molar-refractivity contribution in [3.63, 3.8) is 0 Å². The summed E-state index contributed by atoms with van der Waals surface area (Å²) in [5.74, 6) is 0.302. The molecule has 6 heteroatoms. The summed E-state index contributed by atoms with van der Waals surface area (Å²) >= 11 is 11.3. The van der Waals surface area contributed by atoms with Crippen LogP contribution in [0.2, 0.25) is 10.6 Å². The van der Waals surface area contributed by atoms with Gasteiger partial charge in [0.25, 0.3) is 0 Å². The molecule has 4 nitrogen and oxygen atoms in total. The molecule has 0 amide bonds. The van der Waals surface area contributed by atoms with Gasteiger partial charge in [-0.25, -0.2) is 0 Å². The zero-order valence-corrected chi connectivity index (χ0v) is 10.2. The lowest BCUT2D eigenvalue weighted by molar-refractivity contribution is 1.05. The number of benzene rings is 1. The molecule has 0 saturated carbocycles. The fourth-order valence-electron chi connectivity index (χ4n) is 1.25. The highest BCUT2D eigenvalue weighted by atomic mass is 35.5. The minimum absolute atomic E-state index is 0.0485. The van der Waals surface area contributed by atoms with E-state index in [1.807, 2.05) is 24.3 Å².